The minimum atomic E-state index is -3.34. The van der Waals surface area contributed by atoms with Gasteiger partial charge in [-0.25, -0.2) is 12.8 Å². The van der Waals surface area contributed by atoms with E-state index in [1.807, 2.05) is 0 Å². The van der Waals surface area contributed by atoms with E-state index in [9.17, 15) is 22.4 Å². The van der Waals surface area contributed by atoms with Crippen molar-refractivity contribution in [3.8, 4) is 11.5 Å². The van der Waals surface area contributed by atoms with Crippen LogP contribution in [0.3, 0.4) is 0 Å². The summed E-state index contributed by atoms with van der Waals surface area (Å²) in [4.78, 5) is 25.2. The van der Waals surface area contributed by atoms with Crippen molar-refractivity contribution in [1.82, 2.24) is 10.6 Å². The molecule has 0 aliphatic carbocycles. The second kappa shape index (κ2) is 11.3. The molecule has 1 unspecified atom stereocenters. The lowest BCUT2D eigenvalue weighted by Crippen LogP contribution is -2.48. The number of hydrogen-bond acceptors (Lipinski definition) is 6. The quantitative estimate of drug-likeness (QED) is 0.501. The summed E-state index contributed by atoms with van der Waals surface area (Å²) in [6, 6.07) is 10.8. The van der Waals surface area contributed by atoms with Crippen LogP contribution in [0.4, 0.5) is 4.39 Å². The summed E-state index contributed by atoms with van der Waals surface area (Å²) in [5.41, 5.74) is 0.224. The van der Waals surface area contributed by atoms with Gasteiger partial charge in [-0.15, -0.1) is 0 Å². The van der Waals surface area contributed by atoms with Gasteiger partial charge in [0.25, 0.3) is 5.91 Å². The summed E-state index contributed by atoms with van der Waals surface area (Å²) in [5, 5.41) is 5.17. The number of nitrogens with one attached hydrogen (secondary N) is 2. The lowest BCUT2D eigenvalue weighted by atomic mass is 10.1. The zero-order chi connectivity index (χ0) is 22.9. The monoisotopic (exact) mass is 452 g/mol. The molecule has 10 heteroatoms. The largest absolute Gasteiger partial charge is 0.496 e. The molecule has 2 rings (SSSR count). The van der Waals surface area contributed by atoms with Crippen LogP contribution in [0.1, 0.15) is 16.8 Å². The first-order valence-electron chi connectivity index (χ1n) is 9.47. The van der Waals surface area contributed by atoms with Crippen molar-refractivity contribution >= 4 is 21.7 Å². The van der Waals surface area contributed by atoms with Gasteiger partial charge in [-0.05, 0) is 42.8 Å². The van der Waals surface area contributed by atoms with Crippen LogP contribution >= 0.6 is 0 Å². The van der Waals surface area contributed by atoms with E-state index in [1.54, 1.807) is 18.2 Å². The fraction of sp³-hybridized carbons (Fsp3) is 0.333. The van der Waals surface area contributed by atoms with Crippen molar-refractivity contribution in [1.29, 1.82) is 0 Å². The Labute approximate surface area is 180 Å². The maximum absolute atomic E-state index is 12.9. The van der Waals surface area contributed by atoms with E-state index in [4.69, 9.17) is 9.47 Å². The Morgan fingerprint density at radius 1 is 1.10 bits per heavy atom. The van der Waals surface area contributed by atoms with Crippen LogP contribution in [0.5, 0.6) is 11.5 Å². The second-order valence-corrected chi connectivity index (χ2v) is 9.00. The van der Waals surface area contributed by atoms with Gasteiger partial charge in [0.15, 0.2) is 0 Å². The van der Waals surface area contributed by atoms with E-state index < -0.39 is 27.7 Å². The number of carbonyl (C=O) groups is 2. The van der Waals surface area contributed by atoms with E-state index in [-0.39, 0.29) is 36.7 Å². The number of benzene rings is 2. The Morgan fingerprint density at radius 2 is 1.77 bits per heavy atom. The number of methoxy groups -OCH3 is 1. The predicted molar refractivity (Wildman–Crippen MR) is 113 cm³/mol. The highest BCUT2D eigenvalue weighted by molar-refractivity contribution is 7.90. The average Bonchev–Trinajstić information content (AvgIpc) is 2.74. The van der Waals surface area contributed by atoms with Crippen molar-refractivity contribution in [2.24, 2.45) is 0 Å². The highest BCUT2D eigenvalue weighted by atomic mass is 32.2. The molecule has 2 aromatic rings. The number of hydrogen-bond donors (Lipinski definition) is 2. The maximum Gasteiger partial charge on any atom is 0.255 e. The number of carbonyl (C=O) groups excluding carboxylic acids is 2. The predicted octanol–water partition coefficient (Wildman–Crippen LogP) is 1.56. The normalized spacial score (nSPS) is 12.0. The molecule has 168 valence electrons. The summed E-state index contributed by atoms with van der Waals surface area (Å²) in [6.45, 7) is 0.215. The summed E-state index contributed by atoms with van der Waals surface area (Å²) in [6.07, 6.45) is 0.963. The average molecular weight is 453 g/mol. The van der Waals surface area contributed by atoms with Crippen molar-refractivity contribution < 1.29 is 31.9 Å². The number of rotatable bonds is 11. The van der Waals surface area contributed by atoms with Gasteiger partial charge in [-0.1, -0.05) is 12.1 Å². The molecule has 2 aromatic carbocycles. The van der Waals surface area contributed by atoms with Crippen LogP contribution in [-0.2, 0) is 14.6 Å². The molecule has 0 spiro atoms. The van der Waals surface area contributed by atoms with Crippen molar-refractivity contribution in [3.05, 3.63) is 59.9 Å². The molecule has 0 aliphatic heterocycles. The van der Waals surface area contributed by atoms with Gasteiger partial charge in [0.1, 0.15) is 39.8 Å². The van der Waals surface area contributed by atoms with E-state index >= 15 is 0 Å². The summed E-state index contributed by atoms with van der Waals surface area (Å²) in [7, 11) is -1.92. The Morgan fingerprint density at radius 3 is 2.42 bits per heavy atom. The van der Waals surface area contributed by atoms with Gasteiger partial charge in [0, 0.05) is 6.26 Å². The van der Waals surface area contributed by atoms with Gasteiger partial charge in [0.05, 0.1) is 25.0 Å². The number of halogens is 1. The summed E-state index contributed by atoms with van der Waals surface area (Å²) < 4.78 is 46.6. The van der Waals surface area contributed by atoms with E-state index in [1.165, 1.54) is 37.4 Å². The molecular formula is C21H25FN2O6S. The fourth-order valence-corrected chi connectivity index (χ4v) is 3.33. The number of ether oxygens (including phenoxy) is 2. The van der Waals surface area contributed by atoms with Gasteiger partial charge < -0.3 is 20.1 Å². The molecule has 0 bridgehead atoms. The number of amides is 2. The first-order valence-corrected chi connectivity index (χ1v) is 11.5. The van der Waals surface area contributed by atoms with Crippen molar-refractivity contribution in [3.63, 3.8) is 0 Å². The van der Waals surface area contributed by atoms with Gasteiger partial charge in [-0.2, -0.15) is 0 Å². The highest BCUT2D eigenvalue weighted by Gasteiger charge is 2.24. The molecule has 31 heavy (non-hydrogen) atoms. The Kier molecular flexibility index (Phi) is 8.80. The second-order valence-electron chi connectivity index (χ2n) is 6.74. The summed E-state index contributed by atoms with van der Waals surface area (Å²) in [5.74, 6) is -1.00. The molecule has 1 atom stereocenters. The first-order chi connectivity index (χ1) is 14.7. The lowest BCUT2D eigenvalue weighted by molar-refractivity contribution is -0.123. The van der Waals surface area contributed by atoms with Crippen LogP contribution in [0.15, 0.2) is 48.5 Å². The van der Waals surface area contributed by atoms with Gasteiger partial charge in [-0.3, -0.25) is 9.59 Å². The third-order valence-corrected chi connectivity index (χ3v) is 5.21. The molecule has 0 saturated heterocycles. The summed E-state index contributed by atoms with van der Waals surface area (Å²) >= 11 is 0. The zero-order valence-corrected chi connectivity index (χ0v) is 18.1. The maximum atomic E-state index is 12.9. The van der Waals surface area contributed by atoms with Crippen LogP contribution in [0.2, 0.25) is 0 Å². The molecule has 0 saturated carbocycles. The van der Waals surface area contributed by atoms with Crippen LogP contribution < -0.4 is 20.1 Å². The minimum absolute atomic E-state index is 0.0929. The molecule has 2 amide bonds. The van der Waals surface area contributed by atoms with E-state index in [0.717, 1.165) is 6.26 Å². The van der Waals surface area contributed by atoms with E-state index in [2.05, 4.69) is 10.6 Å². The zero-order valence-electron chi connectivity index (χ0n) is 17.3. The minimum Gasteiger partial charge on any atom is -0.496 e. The van der Waals surface area contributed by atoms with E-state index in [0.29, 0.717) is 11.5 Å². The Hall–Kier alpha value is -3.14. The van der Waals surface area contributed by atoms with Crippen LogP contribution in [0, 0.1) is 5.82 Å². The third-order valence-electron chi connectivity index (χ3n) is 4.23. The first kappa shape index (κ1) is 24.1. The Bertz CT molecular complexity index is 995. The molecular weight excluding hydrogens is 427 g/mol. The van der Waals surface area contributed by atoms with Crippen LogP contribution in [-0.4, -0.2) is 58.5 Å². The topological polar surface area (TPSA) is 111 Å². The molecule has 2 N–H and O–H groups in total. The molecule has 0 aromatic heterocycles. The van der Waals surface area contributed by atoms with Crippen molar-refractivity contribution in [2.75, 3.05) is 32.3 Å². The van der Waals surface area contributed by atoms with Crippen molar-refractivity contribution in [2.45, 2.75) is 12.5 Å². The molecule has 0 heterocycles. The molecule has 0 aliphatic rings. The molecule has 0 radical (unpaired) electrons. The molecule has 8 nitrogen and oxygen atoms in total. The smallest absolute Gasteiger partial charge is 0.255 e. The lowest BCUT2D eigenvalue weighted by Gasteiger charge is -2.19. The standard InChI is InChI=1S/C21H25FN2O6S/c1-29-19-6-4-3-5-17(19)20(25)24-18(11-14-31(2,27)28)21(26)23-12-13-30-16-9-7-15(22)8-10-16/h3-10,18H,11-14H2,1-2H3,(H,23,26)(H,24,25). The van der Waals surface area contributed by atoms with Crippen LogP contribution in [0.25, 0.3) is 0 Å². The van der Waals surface area contributed by atoms with Gasteiger partial charge >= 0.3 is 0 Å². The third kappa shape index (κ3) is 8.25. The number of para-hydroxylation sites is 1. The molecule has 0 fully saturated rings. The fourth-order valence-electron chi connectivity index (χ4n) is 2.67. The Balaban J connectivity index is 1.97. The highest BCUT2D eigenvalue weighted by Crippen LogP contribution is 2.17. The van der Waals surface area contributed by atoms with Gasteiger partial charge in [0.2, 0.25) is 5.91 Å². The SMILES string of the molecule is COc1ccccc1C(=O)NC(CCS(C)(=O)=O)C(=O)NCCOc1ccc(F)cc1. The number of sulfone groups is 1.